The minimum atomic E-state index is -1.07. The molecule has 0 aromatic carbocycles. The molecule has 0 amide bonds. The zero-order valence-corrected chi connectivity index (χ0v) is 7.79. The van der Waals surface area contributed by atoms with Gasteiger partial charge < -0.3 is 9.47 Å². The highest BCUT2D eigenvalue weighted by atomic mass is 16.6. The Hall–Kier alpha value is -0.900. The number of hydrogen-bond acceptors (Lipinski definition) is 4. The molecule has 0 saturated carbocycles. The first-order chi connectivity index (χ1) is 5.54. The lowest BCUT2D eigenvalue weighted by Crippen LogP contribution is -2.35. The van der Waals surface area contributed by atoms with Gasteiger partial charge >= 0.3 is 5.97 Å². The van der Waals surface area contributed by atoms with Crippen LogP contribution >= 0.6 is 0 Å². The molecule has 0 aliphatic heterocycles. The smallest absolute Gasteiger partial charge is 0.342 e. The average Bonchev–Trinajstić information content (AvgIpc) is 2.05. The highest BCUT2D eigenvalue weighted by Crippen LogP contribution is 2.04. The van der Waals surface area contributed by atoms with Crippen LogP contribution in [-0.2, 0) is 19.1 Å². The standard InChI is InChI=1S/C8H14O4/c1-5(2)6(9)7(11-3)8(10)12-4/h5,7H,1-4H3. The first-order valence-corrected chi connectivity index (χ1v) is 3.69. The Morgan fingerprint density at radius 3 is 1.92 bits per heavy atom. The molecule has 4 heteroatoms. The van der Waals surface area contributed by atoms with Crippen molar-refractivity contribution in [3.63, 3.8) is 0 Å². The number of carbonyl (C=O) groups is 2. The normalized spacial score (nSPS) is 12.8. The van der Waals surface area contributed by atoms with Crippen molar-refractivity contribution in [2.45, 2.75) is 20.0 Å². The SMILES string of the molecule is COC(=O)C(OC)C(=O)C(C)C. The number of carbonyl (C=O) groups excluding carboxylic acids is 2. The molecule has 0 radical (unpaired) electrons. The fourth-order valence-corrected chi connectivity index (χ4v) is 0.738. The molecule has 0 aliphatic carbocycles. The van der Waals surface area contributed by atoms with Gasteiger partial charge in [-0.3, -0.25) is 4.79 Å². The van der Waals surface area contributed by atoms with Crippen LogP contribution in [0.25, 0.3) is 0 Å². The molecule has 0 spiro atoms. The first-order valence-electron chi connectivity index (χ1n) is 3.69. The van der Waals surface area contributed by atoms with E-state index in [9.17, 15) is 9.59 Å². The molecule has 0 fully saturated rings. The van der Waals surface area contributed by atoms with Crippen molar-refractivity contribution in [1.82, 2.24) is 0 Å². The number of methoxy groups -OCH3 is 2. The Kier molecular flexibility index (Phi) is 4.51. The van der Waals surface area contributed by atoms with E-state index in [-0.39, 0.29) is 11.7 Å². The monoisotopic (exact) mass is 174 g/mol. The second kappa shape index (κ2) is 4.87. The van der Waals surface area contributed by atoms with Crippen molar-refractivity contribution in [3.8, 4) is 0 Å². The molecule has 1 unspecified atom stereocenters. The third-order valence-corrected chi connectivity index (χ3v) is 1.48. The molecule has 0 rings (SSSR count). The van der Waals surface area contributed by atoms with Gasteiger partial charge in [0.2, 0.25) is 6.10 Å². The summed E-state index contributed by atoms with van der Waals surface area (Å²) < 4.78 is 9.09. The summed E-state index contributed by atoms with van der Waals surface area (Å²) in [5.41, 5.74) is 0. The quantitative estimate of drug-likeness (QED) is 0.457. The molecular formula is C8H14O4. The number of ether oxygens (including phenoxy) is 2. The largest absolute Gasteiger partial charge is 0.467 e. The summed E-state index contributed by atoms with van der Waals surface area (Å²) in [6.07, 6.45) is -1.07. The Morgan fingerprint density at radius 2 is 1.67 bits per heavy atom. The van der Waals surface area contributed by atoms with Gasteiger partial charge in [-0.1, -0.05) is 13.8 Å². The van der Waals surface area contributed by atoms with Crippen LogP contribution in [0.3, 0.4) is 0 Å². The Morgan fingerprint density at radius 1 is 1.17 bits per heavy atom. The lowest BCUT2D eigenvalue weighted by atomic mass is 10.0. The fourth-order valence-electron chi connectivity index (χ4n) is 0.738. The number of Topliss-reactive ketones (excluding diaryl/α,β-unsaturated/α-hetero) is 1. The van der Waals surface area contributed by atoms with Crippen molar-refractivity contribution >= 4 is 11.8 Å². The fraction of sp³-hybridized carbons (Fsp3) is 0.750. The lowest BCUT2D eigenvalue weighted by molar-refractivity contribution is -0.158. The van der Waals surface area contributed by atoms with Crippen LogP contribution in [0.2, 0.25) is 0 Å². The predicted octanol–water partition coefficient (Wildman–Crippen LogP) is 0.399. The van der Waals surface area contributed by atoms with Gasteiger partial charge in [0.25, 0.3) is 0 Å². The topological polar surface area (TPSA) is 52.6 Å². The highest BCUT2D eigenvalue weighted by molar-refractivity contribution is 6.02. The van der Waals surface area contributed by atoms with E-state index in [1.54, 1.807) is 13.8 Å². The average molecular weight is 174 g/mol. The molecule has 0 heterocycles. The number of hydrogen-bond donors (Lipinski definition) is 0. The second-order valence-corrected chi connectivity index (χ2v) is 2.70. The van der Waals surface area contributed by atoms with Gasteiger partial charge in [0.05, 0.1) is 7.11 Å². The molecule has 0 aliphatic rings. The Balaban J connectivity index is 4.34. The van der Waals surface area contributed by atoms with Gasteiger partial charge in [0.1, 0.15) is 0 Å². The molecule has 12 heavy (non-hydrogen) atoms. The summed E-state index contributed by atoms with van der Waals surface area (Å²) in [6.45, 7) is 3.41. The van der Waals surface area contributed by atoms with E-state index in [2.05, 4.69) is 4.74 Å². The van der Waals surface area contributed by atoms with Crippen LogP contribution in [0.15, 0.2) is 0 Å². The van der Waals surface area contributed by atoms with Crippen LogP contribution < -0.4 is 0 Å². The van der Waals surface area contributed by atoms with Gasteiger partial charge in [-0.15, -0.1) is 0 Å². The van der Waals surface area contributed by atoms with Crippen LogP contribution in [0.1, 0.15) is 13.8 Å². The van der Waals surface area contributed by atoms with Gasteiger partial charge in [-0.2, -0.15) is 0 Å². The van der Waals surface area contributed by atoms with Crippen molar-refractivity contribution in [1.29, 1.82) is 0 Å². The second-order valence-electron chi connectivity index (χ2n) is 2.70. The summed E-state index contributed by atoms with van der Waals surface area (Å²) >= 11 is 0. The number of rotatable bonds is 4. The van der Waals surface area contributed by atoms with E-state index in [1.165, 1.54) is 14.2 Å². The van der Waals surface area contributed by atoms with Crippen LogP contribution in [0, 0.1) is 5.92 Å². The minimum Gasteiger partial charge on any atom is -0.467 e. The van der Waals surface area contributed by atoms with E-state index in [1.807, 2.05) is 0 Å². The van der Waals surface area contributed by atoms with E-state index < -0.39 is 12.1 Å². The molecule has 0 aromatic rings. The van der Waals surface area contributed by atoms with Crippen LogP contribution in [0.5, 0.6) is 0 Å². The molecule has 1 atom stereocenters. The van der Waals surface area contributed by atoms with Gasteiger partial charge in [-0.25, -0.2) is 4.79 Å². The maximum absolute atomic E-state index is 11.2. The van der Waals surface area contributed by atoms with Crippen LogP contribution in [-0.4, -0.2) is 32.1 Å². The van der Waals surface area contributed by atoms with Gasteiger partial charge in [0, 0.05) is 13.0 Å². The van der Waals surface area contributed by atoms with Crippen molar-refractivity contribution in [2.75, 3.05) is 14.2 Å². The summed E-state index contributed by atoms with van der Waals surface area (Å²) in [4.78, 5) is 22.2. The predicted molar refractivity (Wildman–Crippen MR) is 42.7 cm³/mol. The van der Waals surface area contributed by atoms with Gasteiger partial charge in [0.15, 0.2) is 5.78 Å². The summed E-state index contributed by atoms with van der Waals surface area (Å²) in [7, 11) is 2.53. The lowest BCUT2D eigenvalue weighted by Gasteiger charge is -2.13. The molecule has 70 valence electrons. The van der Waals surface area contributed by atoms with Crippen molar-refractivity contribution < 1.29 is 19.1 Å². The molecule has 0 bridgehead atoms. The van der Waals surface area contributed by atoms with E-state index >= 15 is 0 Å². The van der Waals surface area contributed by atoms with E-state index in [0.717, 1.165) is 0 Å². The molecular weight excluding hydrogens is 160 g/mol. The first kappa shape index (κ1) is 11.1. The third-order valence-electron chi connectivity index (χ3n) is 1.48. The summed E-state index contributed by atoms with van der Waals surface area (Å²) in [5.74, 6) is -1.13. The summed E-state index contributed by atoms with van der Waals surface area (Å²) in [5, 5.41) is 0. The minimum absolute atomic E-state index is 0.228. The Labute approximate surface area is 71.8 Å². The van der Waals surface area contributed by atoms with Crippen molar-refractivity contribution in [3.05, 3.63) is 0 Å². The van der Waals surface area contributed by atoms with Gasteiger partial charge in [-0.05, 0) is 0 Å². The van der Waals surface area contributed by atoms with E-state index in [0.29, 0.717) is 0 Å². The maximum atomic E-state index is 11.2. The molecule has 4 nitrogen and oxygen atoms in total. The zero-order valence-electron chi connectivity index (χ0n) is 7.79. The number of esters is 1. The highest BCUT2D eigenvalue weighted by Gasteiger charge is 2.28. The third kappa shape index (κ3) is 2.62. The van der Waals surface area contributed by atoms with E-state index in [4.69, 9.17) is 4.74 Å². The van der Waals surface area contributed by atoms with Crippen LogP contribution in [0.4, 0.5) is 0 Å². The summed E-state index contributed by atoms with van der Waals surface area (Å²) in [6, 6.07) is 0. The molecule has 0 N–H and O–H groups in total. The van der Waals surface area contributed by atoms with Crippen molar-refractivity contribution in [2.24, 2.45) is 5.92 Å². The zero-order chi connectivity index (χ0) is 9.72. The molecule has 0 saturated heterocycles. The molecule has 0 aromatic heterocycles. The number of ketones is 1. The Bertz CT molecular complexity index is 174. The maximum Gasteiger partial charge on any atom is 0.342 e.